The van der Waals surface area contributed by atoms with Gasteiger partial charge in [-0.15, -0.1) is 0 Å². The minimum Gasteiger partial charge on any atom is -0.468 e. The predicted octanol–water partition coefficient (Wildman–Crippen LogP) is 4.08. The Hall–Kier alpha value is -3.99. The molecule has 0 spiro atoms. The molecule has 2 rings (SSSR count). The first kappa shape index (κ1) is 34.2. The molecule has 0 aliphatic rings. The summed E-state index contributed by atoms with van der Waals surface area (Å²) in [6.07, 6.45) is -0.526. The maximum absolute atomic E-state index is 13.5. The highest BCUT2D eigenvalue weighted by molar-refractivity contribution is 6.99. The van der Waals surface area contributed by atoms with Crippen LogP contribution in [-0.2, 0) is 28.3 Å². The first-order valence-corrected chi connectivity index (χ1v) is 15.4. The fourth-order valence-corrected chi connectivity index (χ4v) is 9.63. The lowest BCUT2D eigenvalue weighted by atomic mass is 9.78. The van der Waals surface area contributed by atoms with E-state index in [4.69, 9.17) is 13.9 Å². The van der Waals surface area contributed by atoms with Gasteiger partial charge in [-0.1, -0.05) is 86.5 Å². The second-order valence-electron chi connectivity index (χ2n) is 11.9. The van der Waals surface area contributed by atoms with Gasteiger partial charge >= 0.3 is 12.1 Å². The summed E-state index contributed by atoms with van der Waals surface area (Å²) in [5.74, 6) is -1.05. The third kappa shape index (κ3) is 7.64. The molecule has 12 heteroatoms. The number of hydrogen-bond acceptors (Lipinski definition) is 8. The van der Waals surface area contributed by atoms with Crippen LogP contribution in [0.15, 0.2) is 65.8 Å². The lowest BCUT2D eigenvalue weighted by Gasteiger charge is -2.45. The lowest BCUT2D eigenvalue weighted by molar-refractivity contribution is -0.159. The molecule has 2 aromatic rings. The molecule has 0 aromatic heterocycles. The number of alkyl carbamates (subject to hydrolysis) is 1. The molecule has 1 N–H and O–H groups in total. The lowest BCUT2D eigenvalue weighted by Crippen LogP contribution is -2.68. The van der Waals surface area contributed by atoms with Gasteiger partial charge in [0.25, 0.3) is 8.32 Å². The average molecular weight is 597 g/mol. The van der Waals surface area contributed by atoms with Crippen molar-refractivity contribution in [3.63, 3.8) is 0 Å². The maximum atomic E-state index is 13.5. The van der Waals surface area contributed by atoms with Gasteiger partial charge in [0.05, 0.1) is 19.8 Å². The number of methoxy groups -OCH3 is 1. The summed E-state index contributed by atoms with van der Waals surface area (Å²) in [6, 6.07) is 16.1. The highest BCUT2D eigenvalue weighted by Gasteiger charge is 2.56. The number of aldehydes is 2. The zero-order chi connectivity index (χ0) is 31.6. The largest absolute Gasteiger partial charge is 0.468 e. The molecule has 1 amide bonds. The summed E-state index contributed by atoms with van der Waals surface area (Å²) < 4.78 is 17.3. The summed E-state index contributed by atoms with van der Waals surface area (Å²) in [5, 5.41) is 7.51. The first-order valence-electron chi connectivity index (χ1n) is 13.5. The van der Waals surface area contributed by atoms with Gasteiger partial charge in [0, 0.05) is 17.4 Å². The van der Waals surface area contributed by atoms with Crippen molar-refractivity contribution in [3.8, 4) is 0 Å². The van der Waals surface area contributed by atoms with Crippen molar-refractivity contribution in [2.75, 3.05) is 13.7 Å². The fraction of sp³-hybridized carbons (Fsp3) is 0.467. The summed E-state index contributed by atoms with van der Waals surface area (Å²) in [7, 11) is -2.21. The van der Waals surface area contributed by atoms with Crippen molar-refractivity contribution in [2.24, 2.45) is 10.5 Å². The number of ether oxygens (including phenoxy) is 2. The van der Waals surface area contributed by atoms with Gasteiger partial charge in [0.1, 0.15) is 18.2 Å². The number of amides is 1. The number of nitrogens with one attached hydrogen (secondary N) is 1. The van der Waals surface area contributed by atoms with Crippen LogP contribution in [0.2, 0.25) is 5.04 Å². The molecule has 0 aliphatic heterocycles. The van der Waals surface area contributed by atoms with Crippen molar-refractivity contribution in [1.29, 1.82) is 0 Å². The highest BCUT2D eigenvalue weighted by Crippen LogP contribution is 2.39. The van der Waals surface area contributed by atoms with E-state index in [0.29, 0.717) is 12.6 Å². The standard InChI is InChI=1S/C30H40N4O7Si/c1-28(2,3)41-27(38)32-24(18-19-35)25(33-34-31)30(20-36,26(37)39-7)21-40-42(29(4,5)6,22-14-10-8-11-15-22)23-16-12-9-13-17-23/h8-17,19-20,24-25H,18,21H2,1-7H3,(H,32,38)/t24-,25+,30+/m1/s1. The Morgan fingerprint density at radius 3 is 1.88 bits per heavy atom. The van der Waals surface area contributed by atoms with Crippen molar-refractivity contribution >= 4 is 43.3 Å². The van der Waals surface area contributed by atoms with Gasteiger partial charge in [-0.05, 0) is 41.7 Å². The van der Waals surface area contributed by atoms with Crippen LogP contribution in [0.4, 0.5) is 4.79 Å². The summed E-state index contributed by atoms with van der Waals surface area (Å²) in [6.45, 7) is 10.4. The number of azide groups is 1. The third-order valence-electron chi connectivity index (χ3n) is 6.86. The van der Waals surface area contributed by atoms with Crippen molar-refractivity contribution < 1.29 is 33.1 Å². The number of benzene rings is 2. The Morgan fingerprint density at radius 2 is 1.50 bits per heavy atom. The summed E-state index contributed by atoms with van der Waals surface area (Å²) >= 11 is 0. The zero-order valence-corrected chi connectivity index (χ0v) is 26.2. The Bertz CT molecular complexity index is 1230. The molecule has 0 heterocycles. The topological polar surface area (TPSA) is 157 Å². The number of rotatable bonds is 13. The van der Waals surface area contributed by atoms with Gasteiger partial charge in [-0.2, -0.15) is 0 Å². The second kappa shape index (κ2) is 14.3. The van der Waals surface area contributed by atoms with E-state index >= 15 is 0 Å². The normalized spacial score (nSPS) is 14.7. The molecule has 11 nitrogen and oxygen atoms in total. The molecular formula is C30H40N4O7Si. The highest BCUT2D eigenvalue weighted by atomic mass is 28.4. The van der Waals surface area contributed by atoms with Crippen LogP contribution in [-0.4, -0.2) is 64.4 Å². The smallest absolute Gasteiger partial charge is 0.407 e. The van der Waals surface area contributed by atoms with Crippen molar-refractivity contribution in [1.82, 2.24) is 5.32 Å². The number of hydrogen-bond donors (Lipinski definition) is 1. The zero-order valence-electron chi connectivity index (χ0n) is 25.2. The Morgan fingerprint density at radius 1 is 0.976 bits per heavy atom. The molecule has 42 heavy (non-hydrogen) atoms. The number of esters is 1. The molecule has 0 bridgehead atoms. The Kier molecular flexibility index (Phi) is 11.6. The molecule has 0 saturated carbocycles. The van der Waals surface area contributed by atoms with E-state index in [9.17, 15) is 24.7 Å². The molecule has 0 fully saturated rings. The maximum Gasteiger partial charge on any atom is 0.407 e. The van der Waals surface area contributed by atoms with E-state index < -0.39 is 61.5 Å². The molecule has 2 aromatic carbocycles. The summed E-state index contributed by atoms with van der Waals surface area (Å²) in [5.41, 5.74) is 6.40. The van der Waals surface area contributed by atoms with Gasteiger partial charge < -0.3 is 28.8 Å². The van der Waals surface area contributed by atoms with E-state index in [2.05, 4.69) is 15.3 Å². The van der Waals surface area contributed by atoms with Crippen LogP contribution in [0, 0.1) is 5.41 Å². The molecule has 0 radical (unpaired) electrons. The molecule has 0 unspecified atom stereocenters. The van der Waals surface area contributed by atoms with E-state index in [-0.39, 0.29) is 0 Å². The van der Waals surface area contributed by atoms with Gasteiger partial charge in [-0.25, -0.2) is 4.79 Å². The molecule has 3 atom stereocenters. The number of nitrogens with zero attached hydrogens (tertiary/aromatic N) is 3. The monoisotopic (exact) mass is 596 g/mol. The average Bonchev–Trinajstić information content (AvgIpc) is 2.93. The number of carbonyl (C=O) groups is 4. The van der Waals surface area contributed by atoms with Crippen LogP contribution >= 0.6 is 0 Å². The van der Waals surface area contributed by atoms with E-state index in [1.807, 2.05) is 81.4 Å². The SMILES string of the molecule is COC(=O)[C@@](C=O)(CO[Si](c1ccccc1)(c1ccccc1)C(C)(C)C)[C@@H](N=[N+]=[N-])[C@@H](CC=O)NC(=O)OC(C)(C)C. The molecule has 226 valence electrons. The van der Waals surface area contributed by atoms with Crippen LogP contribution < -0.4 is 15.7 Å². The van der Waals surface area contributed by atoms with Crippen molar-refractivity contribution in [3.05, 3.63) is 71.1 Å². The van der Waals surface area contributed by atoms with Crippen LogP contribution in [0.1, 0.15) is 48.0 Å². The second-order valence-corrected chi connectivity index (χ2v) is 16.2. The van der Waals surface area contributed by atoms with Crippen LogP contribution in [0.5, 0.6) is 0 Å². The quantitative estimate of drug-likeness (QED) is 0.0694. The molecular weight excluding hydrogens is 556 g/mol. The molecule has 0 saturated heterocycles. The molecule has 0 aliphatic carbocycles. The van der Waals surface area contributed by atoms with Crippen molar-refractivity contribution in [2.45, 2.75) is 70.7 Å². The van der Waals surface area contributed by atoms with Gasteiger partial charge in [-0.3, -0.25) is 4.79 Å². The predicted molar refractivity (Wildman–Crippen MR) is 161 cm³/mol. The van der Waals surface area contributed by atoms with E-state index in [0.717, 1.165) is 17.5 Å². The van der Waals surface area contributed by atoms with Gasteiger partial charge in [0.15, 0.2) is 5.41 Å². The fourth-order valence-electron chi connectivity index (χ4n) is 5.02. The van der Waals surface area contributed by atoms with E-state index in [1.54, 1.807) is 20.8 Å². The summed E-state index contributed by atoms with van der Waals surface area (Å²) in [4.78, 5) is 53.8. The Labute approximate surface area is 247 Å². The number of carbonyl (C=O) groups excluding carboxylic acids is 4. The minimum atomic E-state index is -3.30. The first-order chi connectivity index (χ1) is 19.7. The van der Waals surface area contributed by atoms with Gasteiger partial charge in [0.2, 0.25) is 0 Å². The van der Waals surface area contributed by atoms with Crippen LogP contribution in [0.3, 0.4) is 0 Å². The van der Waals surface area contributed by atoms with Crippen LogP contribution in [0.25, 0.3) is 10.4 Å². The Balaban J connectivity index is 2.78. The third-order valence-corrected chi connectivity index (χ3v) is 11.8. The minimum absolute atomic E-state index is 0.310. The van der Waals surface area contributed by atoms with E-state index in [1.165, 1.54) is 0 Å².